The van der Waals surface area contributed by atoms with E-state index in [1.54, 1.807) is 6.08 Å². The molecule has 0 bridgehead atoms. The fraction of sp³-hybridized carbons (Fsp3) is 0.400. The number of guanidine groups is 1. The van der Waals surface area contributed by atoms with Crippen LogP contribution in [0.25, 0.3) is 0 Å². The first-order chi connectivity index (χ1) is 9.22. The molecule has 1 aromatic rings. The van der Waals surface area contributed by atoms with Gasteiger partial charge in [0.15, 0.2) is 5.96 Å². The largest absolute Gasteiger partial charge is 0.489 e. The van der Waals surface area contributed by atoms with Crippen molar-refractivity contribution in [3.8, 4) is 5.75 Å². The lowest BCUT2D eigenvalue weighted by atomic mass is 10.2. The highest BCUT2D eigenvalue weighted by Gasteiger charge is 2.04. The van der Waals surface area contributed by atoms with Gasteiger partial charge >= 0.3 is 0 Å². The topological polar surface area (TPSA) is 50.9 Å². The average Bonchev–Trinajstić information content (AvgIpc) is 2.45. The minimum absolute atomic E-state index is 0.492. The molecule has 1 aromatic carbocycles. The van der Waals surface area contributed by atoms with Gasteiger partial charge in [0, 0.05) is 18.7 Å². The smallest absolute Gasteiger partial charge is 0.191 e. The van der Waals surface area contributed by atoms with Crippen molar-refractivity contribution in [1.29, 1.82) is 0 Å². The standard InChI is InChI=1S/C15H23N3O/c1-4-11-19-14-10-8-7-9-13(14)12-17-15(16)18(5-2)6-3/h4,7-10H,1,5-6,11-12H2,2-3H3,(H2,16,17). The average molecular weight is 261 g/mol. The minimum atomic E-state index is 0.492. The maximum atomic E-state index is 5.96. The molecular weight excluding hydrogens is 238 g/mol. The molecule has 0 spiro atoms. The summed E-state index contributed by atoms with van der Waals surface area (Å²) in [6.45, 7) is 10.5. The van der Waals surface area contributed by atoms with Gasteiger partial charge in [0.2, 0.25) is 0 Å². The van der Waals surface area contributed by atoms with Gasteiger partial charge in [-0.3, -0.25) is 0 Å². The Kier molecular flexibility index (Phi) is 6.50. The second kappa shape index (κ2) is 8.19. The summed E-state index contributed by atoms with van der Waals surface area (Å²) in [6.07, 6.45) is 1.73. The molecule has 0 saturated heterocycles. The van der Waals surface area contributed by atoms with Crippen molar-refractivity contribution < 1.29 is 4.74 Å². The second-order valence-corrected chi connectivity index (χ2v) is 4.05. The normalized spacial score (nSPS) is 11.2. The van der Waals surface area contributed by atoms with E-state index in [0.717, 1.165) is 24.4 Å². The lowest BCUT2D eigenvalue weighted by Gasteiger charge is -2.19. The summed E-state index contributed by atoms with van der Waals surface area (Å²) >= 11 is 0. The van der Waals surface area contributed by atoms with E-state index in [1.165, 1.54) is 0 Å². The molecule has 19 heavy (non-hydrogen) atoms. The van der Waals surface area contributed by atoms with Crippen LogP contribution in [0.5, 0.6) is 5.75 Å². The van der Waals surface area contributed by atoms with E-state index in [2.05, 4.69) is 25.4 Å². The van der Waals surface area contributed by atoms with Crippen molar-refractivity contribution in [2.45, 2.75) is 20.4 Å². The molecule has 4 heteroatoms. The molecule has 1 rings (SSSR count). The fourth-order valence-electron chi connectivity index (χ4n) is 1.74. The second-order valence-electron chi connectivity index (χ2n) is 4.05. The zero-order valence-electron chi connectivity index (χ0n) is 11.8. The van der Waals surface area contributed by atoms with Crippen LogP contribution >= 0.6 is 0 Å². The number of rotatable bonds is 7. The maximum absolute atomic E-state index is 5.96. The Morgan fingerprint density at radius 3 is 2.68 bits per heavy atom. The Hall–Kier alpha value is -1.97. The maximum Gasteiger partial charge on any atom is 0.191 e. The summed E-state index contributed by atoms with van der Waals surface area (Å²) in [7, 11) is 0. The van der Waals surface area contributed by atoms with Gasteiger partial charge in [0.25, 0.3) is 0 Å². The predicted molar refractivity (Wildman–Crippen MR) is 80.4 cm³/mol. The van der Waals surface area contributed by atoms with Gasteiger partial charge in [-0.05, 0) is 19.9 Å². The number of hydrogen-bond donors (Lipinski definition) is 1. The van der Waals surface area contributed by atoms with Crippen LogP contribution in [0.3, 0.4) is 0 Å². The molecule has 0 amide bonds. The molecule has 0 fully saturated rings. The monoisotopic (exact) mass is 261 g/mol. The first-order valence-corrected chi connectivity index (χ1v) is 6.59. The Morgan fingerprint density at radius 2 is 2.05 bits per heavy atom. The number of hydrogen-bond acceptors (Lipinski definition) is 2. The highest BCUT2D eigenvalue weighted by Crippen LogP contribution is 2.18. The van der Waals surface area contributed by atoms with Gasteiger partial charge in [0.1, 0.15) is 12.4 Å². The van der Waals surface area contributed by atoms with Crippen LogP contribution in [0.1, 0.15) is 19.4 Å². The summed E-state index contributed by atoms with van der Waals surface area (Å²) in [5.74, 6) is 1.40. The van der Waals surface area contributed by atoms with E-state index < -0.39 is 0 Å². The van der Waals surface area contributed by atoms with Gasteiger partial charge in [-0.15, -0.1) is 0 Å². The summed E-state index contributed by atoms with van der Waals surface area (Å²) < 4.78 is 5.59. The summed E-state index contributed by atoms with van der Waals surface area (Å²) in [5.41, 5.74) is 6.98. The molecule has 0 saturated carbocycles. The number of nitrogens with zero attached hydrogens (tertiary/aromatic N) is 2. The van der Waals surface area contributed by atoms with Crippen LogP contribution in [0.15, 0.2) is 41.9 Å². The number of benzene rings is 1. The van der Waals surface area contributed by atoms with Gasteiger partial charge in [-0.2, -0.15) is 0 Å². The molecule has 0 aliphatic rings. The van der Waals surface area contributed by atoms with Crippen LogP contribution in [-0.4, -0.2) is 30.6 Å². The molecule has 2 N–H and O–H groups in total. The molecule has 0 aliphatic heterocycles. The van der Waals surface area contributed by atoms with Crippen molar-refractivity contribution in [2.75, 3.05) is 19.7 Å². The first kappa shape index (κ1) is 15.1. The molecule has 0 unspecified atom stereocenters. The zero-order valence-corrected chi connectivity index (χ0v) is 11.8. The molecule has 0 radical (unpaired) electrons. The predicted octanol–water partition coefficient (Wildman–Crippen LogP) is 2.41. The van der Waals surface area contributed by atoms with E-state index >= 15 is 0 Å². The van der Waals surface area contributed by atoms with Crippen LogP contribution in [0, 0.1) is 0 Å². The van der Waals surface area contributed by atoms with Crippen molar-refractivity contribution >= 4 is 5.96 Å². The van der Waals surface area contributed by atoms with Gasteiger partial charge < -0.3 is 15.4 Å². The van der Waals surface area contributed by atoms with E-state index in [0.29, 0.717) is 19.1 Å². The molecule has 0 aliphatic carbocycles. The lowest BCUT2D eigenvalue weighted by Crippen LogP contribution is -2.37. The highest BCUT2D eigenvalue weighted by atomic mass is 16.5. The Bertz CT molecular complexity index is 425. The number of para-hydroxylation sites is 1. The molecular formula is C15H23N3O. The Morgan fingerprint density at radius 1 is 1.37 bits per heavy atom. The minimum Gasteiger partial charge on any atom is -0.489 e. The summed E-state index contributed by atoms with van der Waals surface area (Å²) in [4.78, 5) is 6.44. The first-order valence-electron chi connectivity index (χ1n) is 6.59. The van der Waals surface area contributed by atoms with Crippen molar-refractivity contribution in [3.05, 3.63) is 42.5 Å². The van der Waals surface area contributed by atoms with Crippen LogP contribution in [-0.2, 0) is 6.54 Å². The third-order valence-electron chi connectivity index (χ3n) is 2.83. The molecule has 4 nitrogen and oxygen atoms in total. The molecule has 104 valence electrons. The summed E-state index contributed by atoms with van der Waals surface area (Å²) in [6, 6.07) is 7.85. The van der Waals surface area contributed by atoms with Crippen molar-refractivity contribution in [1.82, 2.24) is 4.90 Å². The number of nitrogens with two attached hydrogens (primary N) is 1. The molecule has 0 heterocycles. The van der Waals surface area contributed by atoms with Gasteiger partial charge in [-0.25, -0.2) is 4.99 Å². The number of aliphatic imine (C=N–C) groups is 1. The van der Waals surface area contributed by atoms with Crippen molar-refractivity contribution in [2.24, 2.45) is 10.7 Å². The third kappa shape index (κ3) is 4.66. The fourth-order valence-corrected chi connectivity index (χ4v) is 1.74. The Balaban J connectivity index is 2.76. The quantitative estimate of drug-likeness (QED) is 0.466. The van der Waals surface area contributed by atoms with Crippen molar-refractivity contribution in [3.63, 3.8) is 0 Å². The van der Waals surface area contributed by atoms with E-state index in [-0.39, 0.29) is 0 Å². The van der Waals surface area contributed by atoms with Crippen LogP contribution in [0.2, 0.25) is 0 Å². The van der Waals surface area contributed by atoms with Crippen LogP contribution < -0.4 is 10.5 Å². The SMILES string of the molecule is C=CCOc1ccccc1CN=C(N)N(CC)CC. The third-order valence-corrected chi connectivity index (χ3v) is 2.83. The van der Waals surface area contributed by atoms with Crippen LogP contribution in [0.4, 0.5) is 0 Å². The van der Waals surface area contributed by atoms with Gasteiger partial charge in [0.05, 0.1) is 6.54 Å². The molecule has 0 aromatic heterocycles. The lowest BCUT2D eigenvalue weighted by molar-refractivity contribution is 0.359. The van der Waals surface area contributed by atoms with E-state index in [4.69, 9.17) is 10.5 Å². The highest BCUT2D eigenvalue weighted by molar-refractivity contribution is 5.78. The molecule has 0 atom stereocenters. The van der Waals surface area contributed by atoms with E-state index in [9.17, 15) is 0 Å². The summed E-state index contributed by atoms with van der Waals surface area (Å²) in [5, 5.41) is 0. The van der Waals surface area contributed by atoms with Gasteiger partial charge in [-0.1, -0.05) is 30.9 Å². The van der Waals surface area contributed by atoms with E-state index in [1.807, 2.05) is 29.2 Å². The Labute approximate surface area is 115 Å². The zero-order chi connectivity index (χ0) is 14.1. The number of ether oxygens (including phenoxy) is 1.